The van der Waals surface area contributed by atoms with Gasteiger partial charge in [0.2, 0.25) is 0 Å². The first kappa shape index (κ1) is 12.7. The van der Waals surface area contributed by atoms with Crippen LogP contribution in [0.4, 0.5) is 0 Å². The summed E-state index contributed by atoms with van der Waals surface area (Å²) in [7, 11) is 0. The van der Waals surface area contributed by atoms with Gasteiger partial charge in [-0.15, -0.1) is 0 Å². The first-order chi connectivity index (χ1) is 8.89. The van der Waals surface area contributed by atoms with Gasteiger partial charge in [0, 0.05) is 0 Å². The number of hydrogen-bond donors (Lipinski definition) is 0. The van der Waals surface area contributed by atoms with Crippen LogP contribution < -0.4 is 8.31 Å². The summed E-state index contributed by atoms with van der Waals surface area (Å²) < 4.78 is 2.10. The molecular formula is C15H15NO2Sn. The second-order valence-corrected chi connectivity index (χ2v) is 20.4. The molecule has 96 valence electrons. The number of hydrogen-bond acceptors (Lipinski definition) is 2. The molecule has 0 bridgehead atoms. The number of fused-ring (bicyclic) bond motifs is 3. The van der Waals surface area contributed by atoms with Crippen molar-refractivity contribution in [2.45, 2.75) is 14.8 Å². The minimum atomic E-state index is -2.20. The number of ketones is 1. The van der Waals surface area contributed by atoms with Crippen molar-refractivity contribution in [2.75, 3.05) is 0 Å². The van der Waals surface area contributed by atoms with E-state index >= 15 is 0 Å². The summed E-state index contributed by atoms with van der Waals surface area (Å²) in [6.07, 6.45) is 1.44. The Morgan fingerprint density at radius 2 is 1.79 bits per heavy atom. The monoisotopic (exact) mass is 361 g/mol. The van der Waals surface area contributed by atoms with Gasteiger partial charge in [0.15, 0.2) is 0 Å². The number of carbonyl (C=O) groups is 1. The van der Waals surface area contributed by atoms with Gasteiger partial charge in [-0.1, -0.05) is 0 Å². The molecule has 4 heteroatoms. The first-order valence-electron chi connectivity index (χ1n) is 6.31. The SMILES string of the molecule is [CH3][Sn]([CH3])([CH3])[c]1ccc2c(c1)C(=O)c1ccc[n+]([O-])c1-2. The van der Waals surface area contributed by atoms with E-state index < -0.39 is 18.4 Å². The van der Waals surface area contributed by atoms with Crippen LogP contribution >= 0.6 is 0 Å². The average molecular weight is 360 g/mol. The molecule has 0 radical (unpaired) electrons. The Balaban J connectivity index is 2.27. The Morgan fingerprint density at radius 1 is 1.05 bits per heavy atom. The first-order valence-corrected chi connectivity index (χ1v) is 16.3. The fourth-order valence-corrected chi connectivity index (χ4v) is 5.80. The standard InChI is InChI=1S/C12H6NO2.3CH3.Sn/c14-12-9-5-2-1-4-8(9)11-10(12)6-3-7-13(11)15;;;;/h1,3-7H;3*1H3;. The fourth-order valence-electron chi connectivity index (χ4n) is 2.49. The molecule has 1 aliphatic carbocycles. The summed E-state index contributed by atoms with van der Waals surface area (Å²) >= 11 is -2.20. The van der Waals surface area contributed by atoms with Crippen LogP contribution in [-0.2, 0) is 0 Å². The second kappa shape index (κ2) is 4.07. The van der Waals surface area contributed by atoms with Gasteiger partial charge in [-0.05, 0) is 0 Å². The molecule has 0 atom stereocenters. The molecule has 0 fully saturated rings. The van der Waals surface area contributed by atoms with E-state index in [9.17, 15) is 10.0 Å². The van der Waals surface area contributed by atoms with E-state index in [2.05, 4.69) is 20.9 Å². The van der Waals surface area contributed by atoms with Crippen molar-refractivity contribution in [3.63, 3.8) is 0 Å². The van der Waals surface area contributed by atoms with Gasteiger partial charge >= 0.3 is 116 Å². The van der Waals surface area contributed by atoms with Crippen molar-refractivity contribution >= 4 is 27.7 Å². The van der Waals surface area contributed by atoms with E-state index in [1.54, 1.807) is 12.1 Å². The number of pyridine rings is 1. The molecular weight excluding hydrogens is 345 g/mol. The molecule has 0 saturated heterocycles. The van der Waals surface area contributed by atoms with E-state index in [-0.39, 0.29) is 5.78 Å². The predicted octanol–water partition coefficient (Wildman–Crippen LogP) is 2.08. The third-order valence-electron chi connectivity index (χ3n) is 3.59. The van der Waals surface area contributed by atoms with Crippen molar-refractivity contribution in [1.29, 1.82) is 0 Å². The molecule has 0 N–H and O–H groups in total. The molecule has 0 unspecified atom stereocenters. The van der Waals surface area contributed by atoms with Gasteiger partial charge in [-0.2, -0.15) is 0 Å². The Kier molecular flexibility index (Phi) is 2.71. The van der Waals surface area contributed by atoms with Crippen LogP contribution in [-0.4, -0.2) is 24.2 Å². The summed E-state index contributed by atoms with van der Waals surface area (Å²) in [4.78, 5) is 19.3. The van der Waals surface area contributed by atoms with Gasteiger partial charge < -0.3 is 0 Å². The molecule has 1 aliphatic rings. The van der Waals surface area contributed by atoms with Crippen LogP contribution in [0.3, 0.4) is 0 Å². The summed E-state index contributed by atoms with van der Waals surface area (Å²) in [6, 6.07) is 9.38. The number of aromatic nitrogens is 1. The Labute approximate surface area is 116 Å². The van der Waals surface area contributed by atoms with Crippen LogP contribution in [0, 0.1) is 5.21 Å². The van der Waals surface area contributed by atoms with Crippen LogP contribution in [0.15, 0.2) is 36.5 Å². The van der Waals surface area contributed by atoms with Gasteiger partial charge in [-0.25, -0.2) is 0 Å². The zero-order valence-corrected chi connectivity index (χ0v) is 14.1. The summed E-state index contributed by atoms with van der Waals surface area (Å²) in [5.74, 6) is -0.0208. The Bertz CT molecular complexity index is 702. The normalized spacial score (nSPS) is 13.3. The van der Waals surface area contributed by atoms with Crippen LogP contribution in [0.1, 0.15) is 15.9 Å². The molecule has 1 aromatic heterocycles. The van der Waals surface area contributed by atoms with Crippen molar-refractivity contribution in [3.05, 3.63) is 52.9 Å². The van der Waals surface area contributed by atoms with Gasteiger partial charge in [0.1, 0.15) is 0 Å². The van der Waals surface area contributed by atoms with Gasteiger partial charge in [-0.3, -0.25) is 0 Å². The summed E-state index contributed by atoms with van der Waals surface area (Å²) in [5.41, 5.74) is 2.48. The van der Waals surface area contributed by atoms with Crippen LogP contribution in [0.5, 0.6) is 0 Å². The Morgan fingerprint density at radius 3 is 2.47 bits per heavy atom. The van der Waals surface area contributed by atoms with E-state index in [0.29, 0.717) is 16.8 Å². The van der Waals surface area contributed by atoms with Crippen LogP contribution in [0.25, 0.3) is 11.3 Å². The molecule has 0 spiro atoms. The zero-order chi connectivity index (χ0) is 13.8. The van der Waals surface area contributed by atoms with Crippen molar-refractivity contribution in [1.82, 2.24) is 0 Å². The van der Waals surface area contributed by atoms with E-state index in [1.807, 2.05) is 12.1 Å². The molecule has 1 heterocycles. The number of carbonyl (C=O) groups excluding carboxylic acids is 1. The van der Waals surface area contributed by atoms with Gasteiger partial charge in [0.25, 0.3) is 0 Å². The van der Waals surface area contributed by atoms with Crippen LogP contribution in [0.2, 0.25) is 14.8 Å². The Hall–Kier alpha value is -1.36. The molecule has 0 amide bonds. The maximum atomic E-state index is 12.4. The average Bonchev–Trinajstić information content (AvgIpc) is 2.63. The third-order valence-corrected chi connectivity index (χ3v) is 9.42. The minimum absolute atomic E-state index is 0.0208. The van der Waals surface area contributed by atoms with Crippen molar-refractivity contribution < 1.29 is 9.52 Å². The molecule has 3 rings (SSSR count). The number of rotatable bonds is 1. The topological polar surface area (TPSA) is 44.0 Å². The second-order valence-electron chi connectivity index (χ2n) is 5.94. The zero-order valence-electron chi connectivity index (χ0n) is 11.2. The van der Waals surface area contributed by atoms with Crippen molar-refractivity contribution in [2.24, 2.45) is 0 Å². The molecule has 2 aromatic rings. The van der Waals surface area contributed by atoms with E-state index in [4.69, 9.17) is 0 Å². The van der Waals surface area contributed by atoms with E-state index in [0.717, 1.165) is 10.3 Å². The third kappa shape index (κ3) is 1.87. The maximum absolute atomic E-state index is 12.4. The van der Waals surface area contributed by atoms with Gasteiger partial charge in [0.05, 0.1) is 0 Å². The van der Waals surface area contributed by atoms with E-state index in [1.165, 1.54) is 9.78 Å². The molecule has 0 saturated carbocycles. The molecule has 3 nitrogen and oxygen atoms in total. The summed E-state index contributed by atoms with van der Waals surface area (Å²) in [6.45, 7) is 0. The molecule has 0 aliphatic heterocycles. The quantitative estimate of drug-likeness (QED) is 0.379. The molecule has 1 aromatic carbocycles. The number of benzene rings is 1. The summed E-state index contributed by atoms with van der Waals surface area (Å²) in [5, 5.41) is 11.9. The number of nitrogens with zero attached hydrogens (tertiary/aromatic N) is 1. The predicted molar refractivity (Wildman–Crippen MR) is 77.3 cm³/mol. The fraction of sp³-hybridized carbons (Fsp3) is 0.200. The van der Waals surface area contributed by atoms with Crippen molar-refractivity contribution in [3.8, 4) is 11.3 Å². The molecule has 19 heavy (non-hydrogen) atoms.